The largest absolute Gasteiger partial charge is 0.480 e. The molecule has 0 bridgehead atoms. The van der Waals surface area contributed by atoms with Crippen molar-refractivity contribution < 1.29 is 9.90 Å². The summed E-state index contributed by atoms with van der Waals surface area (Å²) in [5.41, 5.74) is 7.46. The molecule has 0 saturated heterocycles. The Balaban J connectivity index is 1.98. The number of hydrogen-bond donors (Lipinski definition) is 2. The van der Waals surface area contributed by atoms with Gasteiger partial charge in [-0.1, -0.05) is 12.1 Å². The minimum atomic E-state index is -0.944. The fraction of sp³-hybridized carbons (Fsp3) is 0.333. The molecule has 3 N–H and O–H groups in total. The Labute approximate surface area is 98.9 Å². The molecule has 5 nitrogen and oxygen atoms in total. The number of para-hydroxylation sites is 2. The van der Waals surface area contributed by atoms with Crippen molar-refractivity contribution >= 4 is 17.0 Å². The van der Waals surface area contributed by atoms with E-state index >= 15 is 0 Å². The standard InChI is InChI=1S/C12H15N3O2/c13-9(12(16)17)4-3-7-15-8-14-10-5-1-2-6-11(10)15/h1-2,5-6,8-9H,3-4,7,13H2,(H,16,17)/t9-/m1/s1. The topological polar surface area (TPSA) is 81.1 Å². The molecule has 0 aliphatic rings. The fourth-order valence-electron chi connectivity index (χ4n) is 1.79. The Kier molecular flexibility index (Phi) is 3.39. The number of nitrogens with zero attached hydrogens (tertiary/aromatic N) is 2. The smallest absolute Gasteiger partial charge is 0.320 e. The molecular weight excluding hydrogens is 218 g/mol. The van der Waals surface area contributed by atoms with Gasteiger partial charge in [-0.15, -0.1) is 0 Å². The van der Waals surface area contributed by atoms with Crippen molar-refractivity contribution in [3.63, 3.8) is 0 Å². The molecule has 0 aliphatic heterocycles. The molecule has 2 aromatic rings. The van der Waals surface area contributed by atoms with Gasteiger partial charge in [0.2, 0.25) is 0 Å². The van der Waals surface area contributed by atoms with E-state index in [4.69, 9.17) is 10.8 Å². The zero-order valence-electron chi connectivity index (χ0n) is 9.41. The maximum absolute atomic E-state index is 10.6. The van der Waals surface area contributed by atoms with Gasteiger partial charge in [0.1, 0.15) is 6.04 Å². The van der Waals surface area contributed by atoms with Gasteiger partial charge in [-0.05, 0) is 25.0 Å². The molecule has 0 saturated carbocycles. The number of aryl methyl sites for hydroxylation is 1. The predicted molar refractivity (Wildman–Crippen MR) is 64.6 cm³/mol. The van der Waals surface area contributed by atoms with Crippen molar-refractivity contribution in [3.05, 3.63) is 30.6 Å². The first-order valence-corrected chi connectivity index (χ1v) is 5.57. The number of nitrogens with two attached hydrogens (primary N) is 1. The summed E-state index contributed by atoms with van der Waals surface area (Å²) in [6, 6.07) is 7.09. The highest BCUT2D eigenvalue weighted by Crippen LogP contribution is 2.12. The molecule has 1 aromatic heterocycles. The van der Waals surface area contributed by atoms with Crippen LogP contribution in [0.1, 0.15) is 12.8 Å². The molecule has 0 unspecified atom stereocenters. The van der Waals surface area contributed by atoms with E-state index in [-0.39, 0.29) is 0 Å². The lowest BCUT2D eigenvalue weighted by Crippen LogP contribution is -2.30. The first kappa shape index (κ1) is 11.6. The number of benzene rings is 1. The van der Waals surface area contributed by atoms with Crippen LogP contribution in [0.5, 0.6) is 0 Å². The second kappa shape index (κ2) is 4.97. The van der Waals surface area contributed by atoms with Gasteiger partial charge in [-0.25, -0.2) is 4.98 Å². The van der Waals surface area contributed by atoms with Crippen molar-refractivity contribution in [1.29, 1.82) is 0 Å². The molecule has 1 heterocycles. The van der Waals surface area contributed by atoms with Crippen LogP contribution < -0.4 is 5.73 Å². The van der Waals surface area contributed by atoms with Crippen molar-refractivity contribution in [2.45, 2.75) is 25.4 Å². The molecule has 17 heavy (non-hydrogen) atoms. The lowest BCUT2D eigenvalue weighted by Gasteiger charge is -2.07. The number of carbonyl (C=O) groups is 1. The first-order chi connectivity index (χ1) is 8.18. The highest BCUT2D eigenvalue weighted by atomic mass is 16.4. The molecule has 0 fully saturated rings. The van der Waals surface area contributed by atoms with Gasteiger partial charge in [-0.2, -0.15) is 0 Å². The van der Waals surface area contributed by atoms with Gasteiger partial charge in [0.15, 0.2) is 0 Å². The zero-order valence-corrected chi connectivity index (χ0v) is 9.41. The number of carboxylic acids is 1. The van der Waals surface area contributed by atoms with E-state index in [9.17, 15) is 4.79 Å². The molecule has 0 spiro atoms. The van der Waals surface area contributed by atoms with Crippen molar-refractivity contribution in [3.8, 4) is 0 Å². The molecular formula is C12H15N3O2. The molecule has 2 rings (SSSR count). The first-order valence-electron chi connectivity index (χ1n) is 5.57. The van der Waals surface area contributed by atoms with Crippen LogP contribution in [0.15, 0.2) is 30.6 Å². The highest BCUT2D eigenvalue weighted by molar-refractivity contribution is 5.75. The van der Waals surface area contributed by atoms with Crippen LogP contribution in [-0.4, -0.2) is 26.7 Å². The van der Waals surface area contributed by atoms with Crippen molar-refractivity contribution in [2.24, 2.45) is 5.73 Å². The Morgan fingerprint density at radius 1 is 1.47 bits per heavy atom. The summed E-state index contributed by atoms with van der Waals surface area (Å²) < 4.78 is 2.02. The normalized spacial score (nSPS) is 12.8. The minimum absolute atomic E-state index is 0.474. The number of imidazole rings is 1. The Bertz CT molecular complexity index is 521. The summed E-state index contributed by atoms with van der Waals surface area (Å²) in [6.07, 6.45) is 2.98. The Morgan fingerprint density at radius 3 is 3.00 bits per heavy atom. The van der Waals surface area contributed by atoms with Crippen LogP contribution in [0.25, 0.3) is 11.0 Å². The Hall–Kier alpha value is -1.88. The van der Waals surface area contributed by atoms with E-state index in [1.807, 2.05) is 28.8 Å². The quantitative estimate of drug-likeness (QED) is 0.813. The van der Waals surface area contributed by atoms with Gasteiger partial charge < -0.3 is 15.4 Å². The van der Waals surface area contributed by atoms with E-state index in [0.717, 1.165) is 24.0 Å². The van der Waals surface area contributed by atoms with Crippen LogP contribution in [0.2, 0.25) is 0 Å². The lowest BCUT2D eigenvalue weighted by molar-refractivity contribution is -0.138. The van der Waals surface area contributed by atoms with Crippen molar-refractivity contribution in [1.82, 2.24) is 9.55 Å². The second-order valence-electron chi connectivity index (χ2n) is 4.01. The fourth-order valence-corrected chi connectivity index (χ4v) is 1.79. The van der Waals surface area contributed by atoms with Gasteiger partial charge in [0.05, 0.1) is 17.4 Å². The van der Waals surface area contributed by atoms with Crippen LogP contribution in [-0.2, 0) is 11.3 Å². The predicted octanol–water partition coefficient (Wildman–Crippen LogP) is 1.23. The summed E-state index contributed by atoms with van der Waals surface area (Å²) in [6.45, 7) is 0.738. The van der Waals surface area contributed by atoms with E-state index in [1.165, 1.54) is 0 Å². The van der Waals surface area contributed by atoms with E-state index in [1.54, 1.807) is 6.33 Å². The van der Waals surface area contributed by atoms with Gasteiger partial charge >= 0.3 is 5.97 Å². The van der Waals surface area contributed by atoms with Crippen LogP contribution in [0.3, 0.4) is 0 Å². The maximum Gasteiger partial charge on any atom is 0.320 e. The van der Waals surface area contributed by atoms with Gasteiger partial charge in [0, 0.05) is 6.54 Å². The third-order valence-electron chi connectivity index (χ3n) is 2.76. The minimum Gasteiger partial charge on any atom is -0.480 e. The maximum atomic E-state index is 10.6. The van der Waals surface area contributed by atoms with E-state index < -0.39 is 12.0 Å². The second-order valence-corrected chi connectivity index (χ2v) is 4.01. The summed E-state index contributed by atoms with van der Waals surface area (Å²) in [7, 11) is 0. The number of carboxylic acid groups (broad SMARTS) is 1. The molecule has 90 valence electrons. The monoisotopic (exact) mass is 233 g/mol. The summed E-state index contributed by atoms with van der Waals surface area (Å²) >= 11 is 0. The van der Waals surface area contributed by atoms with Gasteiger partial charge in [-0.3, -0.25) is 4.79 Å². The molecule has 1 atom stereocenters. The van der Waals surface area contributed by atoms with Crippen LogP contribution >= 0.6 is 0 Å². The molecule has 0 radical (unpaired) electrons. The summed E-state index contributed by atoms with van der Waals surface area (Å²) in [5.74, 6) is -0.944. The van der Waals surface area contributed by atoms with Crippen molar-refractivity contribution in [2.75, 3.05) is 0 Å². The van der Waals surface area contributed by atoms with E-state index in [2.05, 4.69) is 4.98 Å². The molecule has 5 heteroatoms. The Morgan fingerprint density at radius 2 is 2.24 bits per heavy atom. The van der Waals surface area contributed by atoms with Crippen LogP contribution in [0, 0.1) is 0 Å². The third kappa shape index (κ3) is 2.62. The number of aromatic nitrogens is 2. The average molecular weight is 233 g/mol. The average Bonchev–Trinajstić information content (AvgIpc) is 2.72. The SMILES string of the molecule is N[C@H](CCCn1cnc2ccccc21)C(=O)O. The zero-order chi connectivity index (χ0) is 12.3. The highest BCUT2D eigenvalue weighted by Gasteiger charge is 2.10. The number of hydrogen-bond acceptors (Lipinski definition) is 3. The third-order valence-corrected chi connectivity index (χ3v) is 2.76. The summed E-state index contributed by atoms with van der Waals surface area (Å²) in [4.78, 5) is 14.8. The molecule has 0 amide bonds. The van der Waals surface area contributed by atoms with Crippen LogP contribution in [0.4, 0.5) is 0 Å². The molecule has 1 aromatic carbocycles. The lowest BCUT2D eigenvalue weighted by atomic mass is 10.2. The number of fused-ring (bicyclic) bond motifs is 1. The van der Waals surface area contributed by atoms with E-state index in [0.29, 0.717) is 6.42 Å². The number of rotatable bonds is 5. The number of aliphatic carboxylic acids is 1. The van der Waals surface area contributed by atoms with Gasteiger partial charge in [0.25, 0.3) is 0 Å². The molecule has 0 aliphatic carbocycles. The summed E-state index contributed by atoms with van der Waals surface area (Å²) in [5, 5.41) is 8.67.